The zero-order chi connectivity index (χ0) is 27.4. The van der Waals surface area contributed by atoms with Crippen molar-refractivity contribution >= 4 is 17.9 Å². The van der Waals surface area contributed by atoms with Crippen molar-refractivity contribution in [2.75, 3.05) is 59.5 Å². The lowest BCUT2D eigenvalue weighted by Crippen LogP contribution is -2.37. The molecule has 36 heavy (non-hydrogen) atoms. The van der Waals surface area contributed by atoms with E-state index in [9.17, 15) is 14.4 Å². The molecule has 0 aromatic heterocycles. The van der Waals surface area contributed by atoms with E-state index in [0.717, 1.165) is 6.42 Å². The average molecular weight is 513 g/mol. The summed E-state index contributed by atoms with van der Waals surface area (Å²) < 4.78 is 32.9. The van der Waals surface area contributed by atoms with Gasteiger partial charge in [0.1, 0.15) is 0 Å². The molecule has 0 fully saturated rings. The van der Waals surface area contributed by atoms with E-state index >= 15 is 0 Å². The van der Waals surface area contributed by atoms with Crippen LogP contribution in [0.3, 0.4) is 0 Å². The first-order valence-electron chi connectivity index (χ1n) is 12.3. The van der Waals surface area contributed by atoms with Crippen molar-refractivity contribution in [3.8, 4) is 0 Å². The molecule has 9 nitrogen and oxygen atoms in total. The smallest absolute Gasteiger partial charge is 0.333 e. The quantitative estimate of drug-likeness (QED) is 0.0922. The van der Waals surface area contributed by atoms with Gasteiger partial charge in [0.2, 0.25) is 0 Å². The first kappa shape index (κ1) is 33.5. The van der Waals surface area contributed by atoms with E-state index in [4.69, 9.17) is 28.4 Å². The van der Waals surface area contributed by atoms with Crippen molar-refractivity contribution in [2.24, 2.45) is 5.41 Å². The second-order valence-electron chi connectivity index (χ2n) is 8.82. The lowest BCUT2D eigenvalue weighted by molar-refractivity contribution is -0.140. The maximum atomic E-state index is 11.4. The number of esters is 3. The molecule has 0 rings (SSSR count). The van der Waals surface area contributed by atoms with Crippen LogP contribution in [0.4, 0.5) is 0 Å². The molecule has 0 aromatic carbocycles. The molecule has 0 N–H and O–H groups in total. The van der Waals surface area contributed by atoms with Crippen LogP contribution in [-0.4, -0.2) is 77.4 Å². The largest absolute Gasteiger partial charge is 0.462 e. The molecule has 0 amide bonds. The van der Waals surface area contributed by atoms with E-state index in [2.05, 4.69) is 19.7 Å². The minimum absolute atomic E-state index is 0.254. The van der Waals surface area contributed by atoms with Crippen LogP contribution in [0, 0.1) is 5.41 Å². The maximum absolute atomic E-state index is 11.4. The summed E-state index contributed by atoms with van der Waals surface area (Å²) in [6.07, 6.45) is 2.42. The number of carbonyl (C=O) groups is 3. The van der Waals surface area contributed by atoms with E-state index in [1.807, 2.05) is 6.92 Å². The Morgan fingerprint density at radius 2 is 0.833 bits per heavy atom. The fourth-order valence-corrected chi connectivity index (χ4v) is 2.64. The van der Waals surface area contributed by atoms with Gasteiger partial charge in [-0.2, -0.15) is 0 Å². The molecule has 0 bridgehead atoms. The van der Waals surface area contributed by atoms with Crippen LogP contribution in [-0.2, 0) is 42.8 Å². The van der Waals surface area contributed by atoms with Crippen LogP contribution in [0.2, 0.25) is 0 Å². The van der Waals surface area contributed by atoms with Gasteiger partial charge in [-0.15, -0.1) is 0 Å². The second-order valence-corrected chi connectivity index (χ2v) is 8.82. The molecule has 0 heterocycles. The van der Waals surface area contributed by atoms with Crippen LogP contribution in [0.1, 0.15) is 53.4 Å². The summed E-state index contributed by atoms with van der Waals surface area (Å²) in [5.74, 6) is -1.24. The number of hydrogen-bond donors (Lipinski definition) is 0. The third-order valence-electron chi connectivity index (χ3n) is 5.02. The van der Waals surface area contributed by atoms with Crippen molar-refractivity contribution in [3.63, 3.8) is 0 Å². The van der Waals surface area contributed by atoms with E-state index in [0.29, 0.717) is 75.6 Å². The summed E-state index contributed by atoms with van der Waals surface area (Å²) in [5, 5.41) is 0. The van der Waals surface area contributed by atoms with Crippen LogP contribution in [0.25, 0.3) is 0 Å². The first-order chi connectivity index (χ1) is 17.0. The van der Waals surface area contributed by atoms with Crippen LogP contribution in [0.15, 0.2) is 36.5 Å². The Hall–Kier alpha value is -2.49. The van der Waals surface area contributed by atoms with Crippen molar-refractivity contribution in [1.29, 1.82) is 0 Å². The normalized spacial score (nSPS) is 11.0. The molecule has 0 aromatic rings. The second kappa shape index (κ2) is 19.7. The van der Waals surface area contributed by atoms with Gasteiger partial charge in [-0.05, 0) is 27.2 Å². The van der Waals surface area contributed by atoms with E-state index in [-0.39, 0.29) is 19.8 Å². The molecule has 0 unspecified atom stereocenters. The Balaban J connectivity index is 4.56. The summed E-state index contributed by atoms with van der Waals surface area (Å²) in [5.41, 5.74) is 0.689. The van der Waals surface area contributed by atoms with Gasteiger partial charge in [0.15, 0.2) is 0 Å². The van der Waals surface area contributed by atoms with E-state index < -0.39 is 23.3 Å². The van der Waals surface area contributed by atoms with Crippen molar-refractivity contribution in [3.05, 3.63) is 36.5 Å². The molecule has 0 aliphatic rings. The third kappa shape index (κ3) is 16.2. The summed E-state index contributed by atoms with van der Waals surface area (Å²) in [4.78, 5) is 34.3. The molecular weight excluding hydrogens is 468 g/mol. The first-order valence-corrected chi connectivity index (χ1v) is 12.3. The lowest BCUT2D eigenvalue weighted by atomic mass is 9.88. The summed E-state index contributed by atoms with van der Waals surface area (Å²) in [6.45, 7) is 20.7. The molecule has 0 aliphatic carbocycles. The zero-order valence-electron chi connectivity index (χ0n) is 22.5. The SMILES string of the molecule is C=C(C)C(=O)OCCCOCC(CC)(COCCCOC(=O)C(=C)C)COCCCOC(=O)C(=C)C. The number of ether oxygens (including phenoxy) is 6. The molecule has 0 atom stereocenters. The molecule has 0 saturated carbocycles. The van der Waals surface area contributed by atoms with E-state index in [1.165, 1.54) is 0 Å². The Morgan fingerprint density at radius 3 is 1.06 bits per heavy atom. The Morgan fingerprint density at radius 1 is 0.556 bits per heavy atom. The fourth-order valence-electron chi connectivity index (χ4n) is 2.64. The minimum Gasteiger partial charge on any atom is -0.462 e. The third-order valence-corrected chi connectivity index (χ3v) is 5.02. The summed E-state index contributed by atoms with van der Waals surface area (Å²) in [6, 6.07) is 0. The molecule has 0 saturated heterocycles. The lowest BCUT2D eigenvalue weighted by Gasteiger charge is -2.32. The average Bonchev–Trinajstić information content (AvgIpc) is 2.84. The van der Waals surface area contributed by atoms with Crippen LogP contribution < -0.4 is 0 Å². The van der Waals surface area contributed by atoms with Gasteiger partial charge in [-0.3, -0.25) is 0 Å². The van der Waals surface area contributed by atoms with Crippen LogP contribution >= 0.6 is 0 Å². The Bertz CT molecular complexity index is 634. The zero-order valence-corrected chi connectivity index (χ0v) is 22.5. The van der Waals surface area contributed by atoms with Gasteiger partial charge in [0.05, 0.1) is 39.6 Å². The number of rotatable bonds is 22. The van der Waals surface area contributed by atoms with Gasteiger partial charge in [0, 0.05) is 61.2 Å². The van der Waals surface area contributed by atoms with Gasteiger partial charge in [-0.1, -0.05) is 26.7 Å². The number of hydrogen-bond acceptors (Lipinski definition) is 9. The highest BCUT2D eigenvalue weighted by Gasteiger charge is 2.30. The van der Waals surface area contributed by atoms with Gasteiger partial charge < -0.3 is 28.4 Å². The number of carbonyl (C=O) groups excluding carboxylic acids is 3. The highest BCUT2D eigenvalue weighted by molar-refractivity contribution is 5.87. The molecule has 206 valence electrons. The Labute approximate surface area is 215 Å². The van der Waals surface area contributed by atoms with Gasteiger partial charge in [-0.25, -0.2) is 14.4 Å². The monoisotopic (exact) mass is 512 g/mol. The molecule has 0 radical (unpaired) electrons. The summed E-state index contributed by atoms with van der Waals surface area (Å²) >= 11 is 0. The van der Waals surface area contributed by atoms with E-state index in [1.54, 1.807) is 20.8 Å². The van der Waals surface area contributed by atoms with Crippen molar-refractivity contribution in [1.82, 2.24) is 0 Å². The minimum atomic E-state index is -0.414. The van der Waals surface area contributed by atoms with Crippen molar-refractivity contribution in [2.45, 2.75) is 53.4 Å². The topological polar surface area (TPSA) is 107 Å². The van der Waals surface area contributed by atoms with Crippen LogP contribution in [0.5, 0.6) is 0 Å². The molecule has 0 spiro atoms. The molecule has 9 heteroatoms. The predicted molar refractivity (Wildman–Crippen MR) is 136 cm³/mol. The maximum Gasteiger partial charge on any atom is 0.333 e. The predicted octanol–water partition coefficient (Wildman–Crippen LogP) is 3.96. The molecule has 0 aliphatic heterocycles. The van der Waals surface area contributed by atoms with Crippen molar-refractivity contribution < 1.29 is 42.8 Å². The van der Waals surface area contributed by atoms with Gasteiger partial charge in [0.25, 0.3) is 0 Å². The highest BCUT2D eigenvalue weighted by Crippen LogP contribution is 2.24. The highest BCUT2D eigenvalue weighted by atomic mass is 16.5. The standard InChI is InChI=1S/C27H44O9/c1-8-27(18-31-12-9-15-34-24(28)21(2)3,19-32-13-10-16-35-25(29)22(4)5)20-33-14-11-17-36-26(30)23(6)7/h2,4,6,8-20H2,1,3,5,7H3. The Kier molecular flexibility index (Phi) is 18.3. The van der Waals surface area contributed by atoms with Gasteiger partial charge >= 0.3 is 17.9 Å². The molecular formula is C27H44O9. The fraction of sp³-hybridized carbons (Fsp3) is 0.667. The summed E-state index contributed by atoms with van der Waals surface area (Å²) in [7, 11) is 0.